The van der Waals surface area contributed by atoms with E-state index in [2.05, 4.69) is 118 Å². The molecule has 0 heterocycles. The molecule has 7 rings (SSSR count). The number of benzene rings is 2. The number of fused-ring (bicyclic) bond motifs is 5. The summed E-state index contributed by atoms with van der Waals surface area (Å²) in [6.45, 7) is 24.5. The fourth-order valence-electron chi connectivity index (χ4n) is 9.38. The minimum absolute atomic E-state index is 0. The van der Waals surface area contributed by atoms with Crippen LogP contribution < -0.4 is 24.8 Å². The molecule has 2 atom stereocenters. The van der Waals surface area contributed by atoms with Gasteiger partial charge in [-0.05, 0) is 0 Å². The summed E-state index contributed by atoms with van der Waals surface area (Å²) in [5.74, 6) is 0.649. The van der Waals surface area contributed by atoms with Crippen LogP contribution in [0.1, 0.15) is 148 Å². The Balaban J connectivity index is 0.00000217. The molecule has 250 valence electrons. The Bertz CT molecular complexity index is 1760. The van der Waals surface area contributed by atoms with Crippen LogP contribution in [0, 0.1) is 11.3 Å². The van der Waals surface area contributed by atoms with Gasteiger partial charge < -0.3 is 24.8 Å². The predicted molar refractivity (Wildman–Crippen MR) is 194 cm³/mol. The number of allylic oxidation sites excluding steroid dienone is 8. The maximum absolute atomic E-state index is 2.81. The van der Waals surface area contributed by atoms with Crippen LogP contribution in [0.4, 0.5) is 0 Å². The van der Waals surface area contributed by atoms with Crippen LogP contribution in [0.3, 0.4) is 0 Å². The molecule has 1 saturated carbocycles. The van der Waals surface area contributed by atoms with Crippen molar-refractivity contribution in [2.24, 2.45) is 11.3 Å². The van der Waals surface area contributed by atoms with Crippen molar-refractivity contribution in [1.29, 1.82) is 0 Å². The molecule has 0 aliphatic heterocycles. The zero-order valence-corrected chi connectivity index (χ0v) is 34.7. The van der Waals surface area contributed by atoms with Crippen LogP contribution in [0.2, 0.25) is 3.63 Å². The monoisotopic (exact) mass is 744 g/mol. The summed E-state index contributed by atoms with van der Waals surface area (Å²) in [4.78, 5) is 0. The van der Waals surface area contributed by atoms with Gasteiger partial charge in [0.15, 0.2) is 0 Å². The molecular formula is C44H56Cl2Zr. The van der Waals surface area contributed by atoms with Crippen LogP contribution in [0.25, 0.3) is 22.3 Å². The Morgan fingerprint density at radius 1 is 0.766 bits per heavy atom. The van der Waals surface area contributed by atoms with E-state index in [1.165, 1.54) is 71.9 Å². The largest absolute Gasteiger partial charge is 1.00 e. The minimum atomic E-state index is -2.25. The van der Waals surface area contributed by atoms with Crippen molar-refractivity contribution >= 4 is 14.4 Å². The van der Waals surface area contributed by atoms with Gasteiger partial charge in [0.1, 0.15) is 0 Å². The molecule has 47 heavy (non-hydrogen) atoms. The molecule has 2 aromatic rings. The van der Waals surface area contributed by atoms with Crippen molar-refractivity contribution in [1.82, 2.24) is 0 Å². The van der Waals surface area contributed by atoms with E-state index in [9.17, 15) is 0 Å². The Morgan fingerprint density at radius 3 is 1.96 bits per heavy atom. The van der Waals surface area contributed by atoms with Crippen LogP contribution in [-0.2, 0) is 38.5 Å². The molecule has 0 nitrogen and oxygen atoms in total. The number of hydrogen-bond donors (Lipinski definition) is 0. The summed E-state index contributed by atoms with van der Waals surface area (Å²) in [5, 5.41) is 0. The average Bonchev–Trinajstić information content (AvgIpc) is 3.59. The summed E-state index contributed by atoms with van der Waals surface area (Å²) in [6.07, 6.45) is 21.2. The van der Waals surface area contributed by atoms with Gasteiger partial charge in [0.05, 0.1) is 0 Å². The number of halogens is 2. The van der Waals surface area contributed by atoms with Crippen molar-refractivity contribution in [3.63, 3.8) is 0 Å². The smallest absolute Gasteiger partial charge is 1.00 e. The second kappa shape index (κ2) is 13.1. The molecule has 2 unspecified atom stereocenters. The van der Waals surface area contributed by atoms with Crippen LogP contribution in [0.15, 0.2) is 57.4 Å². The molecule has 0 amide bonds. The molecule has 0 bridgehead atoms. The topological polar surface area (TPSA) is 0 Å². The maximum Gasteiger partial charge on any atom is -1.00 e. The van der Waals surface area contributed by atoms with Crippen LogP contribution in [-0.4, -0.2) is 3.21 Å². The number of rotatable bonds is 3. The van der Waals surface area contributed by atoms with Gasteiger partial charge in [-0.25, -0.2) is 0 Å². The second-order valence-electron chi connectivity index (χ2n) is 17.4. The van der Waals surface area contributed by atoms with Gasteiger partial charge in [-0.15, -0.1) is 0 Å². The molecular weight excluding hydrogens is 691 g/mol. The molecule has 2 aromatic carbocycles. The summed E-state index contributed by atoms with van der Waals surface area (Å²) in [5.41, 5.74) is 17.4. The van der Waals surface area contributed by atoms with Gasteiger partial charge in [0, 0.05) is 0 Å². The molecule has 0 aromatic heterocycles. The van der Waals surface area contributed by atoms with Crippen molar-refractivity contribution in [2.75, 3.05) is 0 Å². The Morgan fingerprint density at radius 2 is 1.36 bits per heavy atom. The third-order valence-electron chi connectivity index (χ3n) is 12.4. The summed E-state index contributed by atoms with van der Waals surface area (Å²) in [6, 6.07) is 10.4. The van der Waals surface area contributed by atoms with E-state index in [1.54, 1.807) is 27.8 Å². The maximum atomic E-state index is 2.81. The molecule has 0 spiro atoms. The van der Waals surface area contributed by atoms with E-state index in [-0.39, 0.29) is 41.1 Å². The van der Waals surface area contributed by atoms with Crippen LogP contribution in [0.5, 0.6) is 0 Å². The normalized spacial score (nSPS) is 23.3. The van der Waals surface area contributed by atoms with E-state index in [0.29, 0.717) is 9.54 Å². The fourth-order valence-corrected chi connectivity index (χ4v) is 20.2. The first-order valence-electron chi connectivity index (χ1n) is 18.1. The molecule has 0 N–H and O–H groups in total. The first-order valence-corrected chi connectivity index (χ1v) is 22.0. The first kappa shape index (κ1) is 37.0. The zero-order chi connectivity index (χ0) is 32.1. The summed E-state index contributed by atoms with van der Waals surface area (Å²) >= 11 is -2.25. The van der Waals surface area contributed by atoms with Crippen molar-refractivity contribution in [3.8, 4) is 11.1 Å². The Labute approximate surface area is 306 Å². The van der Waals surface area contributed by atoms with E-state index < -0.39 is 21.3 Å². The van der Waals surface area contributed by atoms with Gasteiger partial charge in [-0.1, -0.05) is 0 Å². The van der Waals surface area contributed by atoms with Gasteiger partial charge >= 0.3 is 284 Å². The fraction of sp³-hybridized carbons (Fsp3) is 0.523. The van der Waals surface area contributed by atoms with Crippen molar-refractivity contribution < 1.29 is 46.1 Å². The van der Waals surface area contributed by atoms with Gasteiger partial charge in [-0.3, -0.25) is 0 Å². The molecule has 0 radical (unpaired) electrons. The van der Waals surface area contributed by atoms with E-state index in [1.807, 2.05) is 6.49 Å². The molecule has 3 heteroatoms. The van der Waals surface area contributed by atoms with Crippen LogP contribution >= 0.6 is 0 Å². The third-order valence-corrected chi connectivity index (χ3v) is 22.0. The van der Waals surface area contributed by atoms with E-state index in [0.717, 1.165) is 12.8 Å². The van der Waals surface area contributed by atoms with Gasteiger partial charge in [0.2, 0.25) is 0 Å². The van der Waals surface area contributed by atoms with E-state index in [4.69, 9.17) is 0 Å². The Hall–Kier alpha value is -1.27. The molecule has 5 aliphatic rings. The van der Waals surface area contributed by atoms with Crippen molar-refractivity contribution in [2.45, 2.75) is 135 Å². The first-order chi connectivity index (χ1) is 21.2. The van der Waals surface area contributed by atoms with Gasteiger partial charge in [0.25, 0.3) is 0 Å². The zero-order valence-electron chi connectivity index (χ0n) is 30.7. The summed E-state index contributed by atoms with van der Waals surface area (Å²) in [7, 11) is 0. The summed E-state index contributed by atoms with van der Waals surface area (Å²) < 4.78 is 4.63. The van der Waals surface area contributed by atoms with Gasteiger partial charge in [-0.2, -0.15) is 0 Å². The molecule has 0 saturated heterocycles. The minimum Gasteiger partial charge on any atom is -1.00 e. The third kappa shape index (κ3) is 6.21. The predicted octanol–water partition coefficient (Wildman–Crippen LogP) is 6.48. The van der Waals surface area contributed by atoms with E-state index >= 15 is 0 Å². The standard InChI is InChI=1S/C27H29.C11H17.C6H10.2ClH.Zr/c1-16-7-9-26(3,4)24-12-18-11-19-13-25-21(17(2)8-10-27(25,5)6)15-23(19)22(18)14-20(16)24;1-5-9-6-7-10(8-9)11(2,3)4;1-2-4-6-5-3-1;;;/h7-9,12-15H,10-11H2,1-6H3;7-9H,5H2,1-4H3;1-5H2;2*1H;/q;;;;;+2/p-2. The average molecular weight is 747 g/mol. The number of hydrogen-bond acceptors (Lipinski definition) is 0. The van der Waals surface area contributed by atoms with Crippen molar-refractivity contribution in [3.05, 3.63) is 90.8 Å². The quantitative estimate of drug-likeness (QED) is 0.288. The second-order valence-corrected chi connectivity index (χ2v) is 24.1. The Kier molecular flexibility index (Phi) is 10.3. The molecule has 5 aliphatic carbocycles. The SMILES string of the molecule is CCC1C=C(C(C)(C)C)C=[C]1[Zr+2](=[C]1CCCCC1)[CH]1C=C(C)c2cc3c(cc2C1(C)C)Cc1cc2c(cc1-3)C(C)=CCC2(C)C.[Cl-].[Cl-]. The molecule has 1 fully saturated rings.